The van der Waals surface area contributed by atoms with E-state index < -0.39 is 0 Å². The Morgan fingerprint density at radius 1 is 0.897 bits per heavy atom. The molecule has 0 unspecified atom stereocenters. The first kappa shape index (κ1) is 26.3. The van der Waals surface area contributed by atoms with Crippen molar-refractivity contribution in [2.45, 2.75) is 6.54 Å². The fourth-order valence-electron chi connectivity index (χ4n) is 4.21. The van der Waals surface area contributed by atoms with Crippen molar-refractivity contribution < 1.29 is 9.53 Å². The minimum atomic E-state index is -0.366. The van der Waals surface area contributed by atoms with Gasteiger partial charge in [0.2, 0.25) is 0 Å². The number of aromatic nitrogens is 2. The Balaban J connectivity index is 1.44. The van der Waals surface area contributed by atoms with Crippen LogP contribution in [0.3, 0.4) is 0 Å². The number of rotatable bonds is 7. The van der Waals surface area contributed by atoms with Crippen LogP contribution in [0.4, 0.5) is 5.69 Å². The molecule has 0 bridgehead atoms. The standard InChI is InChI=1S/C32H25Cl2N3O2/c1-39-32(38)25-9-4-22(5-10-25)19-37-20-30(28-16-13-26(33)18-29(28)34)36-31(37)17-6-21-2-7-23(8-3-21)24-11-14-27(35)15-12-24/h2-18,20H,19,35H2,1H3. The number of imidazole rings is 1. The SMILES string of the molecule is COC(=O)c1ccc(Cn2cc(-c3ccc(Cl)cc3Cl)nc2C=Cc2ccc(-c3ccc(N)cc3)cc2)cc1. The van der Waals surface area contributed by atoms with Gasteiger partial charge in [0.1, 0.15) is 5.82 Å². The maximum atomic E-state index is 11.8. The maximum absolute atomic E-state index is 11.8. The summed E-state index contributed by atoms with van der Waals surface area (Å²) in [5.41, 5.74) is 12.9. The molecule has 0 radical (unpaired) electrons. The van der Waals surface area contributed by atoms with E-state index in [0.717, 1.165) is 45.0 Å². The smallest absolute Gasteiger partial charge is 0.337 e. The van der Waals surface area contributed by atoms with Gasteiger partial charge in [0.05, 0.1) is 23.4 Å². The van der Waals surface area contributed by atoms with Gasteiger partial charge in [0.15, 0.2) is 0 Å². The third kappa shape index (κ3) is 6.23. The Kier molecular flexibility index (Phi) is 7.82. The number of esters is 1. The first-order valence-electron chi connectivity index (χ1n) is 12.2. The fraction of sp³-hybridized carbons (Fsp3) is 0.0625. The highest BCUT2D eigenvalue weighted by molar-refractivity contribution is 6.36. The molecule has 0 aliphatic carbocycles. The lowest BCUT2D eigenvalue weighted by molar-refractivity contribution is 0.0600. The number of benzene rings is 4. The van der Waals surface area contributed by atoms with Crippen LogP contribution in [0.2, 0.25) is 10.0 Å². The molecule has 0 saturated carbocycles. The number of halogens is 2. The van der Waals surface area contributed by atoms with E-state index in [1.54, 1.807) is 24.3 Å². The first-order valence-corrected chi connectivity index (χ1v) is 13.0. The fourth-order valence-corrected chi connectivity index (χ4v) is 4.72. The Morgan fingerprint density at radius 2 is 1.56 bits per heavy atom. The Labute approximate surface area is 237 Å². The molecule has 7 heteroatoms. The molecule has 5 aromatic rings. The number of ether oxygens (including phenoxy) is 1. The summed E-state index contributed by atoms with van der Waals surface area (Å²) in [7, 11) is 1.37. The molecule has 0 amide bonds. The van der Waals surface area contributed by atoms with Crippen molar-refractivity contribution in [3.8, 4) is 22.4 Å². The zero-order valence-electron chi connectivity index (χ0n) is 21.1. The highest BCUT2D eigenvalue weighted by atomic mass is 35.5. The lowest BCUT2D eigenvalue weighted by atomic mass is 10.0. The van der Waals surface area contributed by atoms with Gasteiger partial charge in [-0.05, 0) is 70.8 Å². The van der Waals surface area contributed by atoms with E-state index in [9.17, 15) is 4.79 Å². The van der Waals surface area contributed by atoms with Gasteiger partial charge >= 0.3 is 5.97 Å². The van der Waals surface area contributed by atoms with Gasteiger partial charge in [-0.3, -0.25) is 0 Å². The van der Waals surface area contributed by atoms with Crippen LogP contribution in [0.15, 0.2) is 97.2 Å². The van der Waals surface area contributed by atoms with Gasteiger partial charge in [-0.2, -0.15) is 0 Å². The maximum Gasteiger partial charge on any atom is 0.337 e. The van der Waals surface area contributed by atoms with Crippen molar-refractivity contribution >= 4 is 47.0 Å². The number of carbonyl (C=O) groups excluding carboxylic acids is 1. The molecule has 0 fully saturated rings. The molecule has 0 spiro atoms. The topological polar surface area (TPSA) is 70.1 Å². The summed E-state index contributed by atoms with van der Waals surface area (Å²) < 4.78 is 6.85. The van der Waals surface area contributed by atoms with Crippen molar-refractivity contribution in [1.29, 1.82) is 0 Å². The van der Waals surface area contributed by atoms with Crippen LogP contribution in [0.25, 0.3) is 34.5 Å². The number of carbonyl (C=O) groups is 1. The minimum Gasteiger partial charge on any atom is -0.465 e. The van der Waals surface area contributed by atoms with Crippen LogP contribution < -0.4 is 5.73 Å². The molecule has 39 heavy (non-hydrogen) atoms. The quantitative estimate of drug-likeness (QED) is 0.163. The van der Waals surface area contributed by atoms with E-state index >= 15 is 0 Å². The summed E-state index contributed by atoms with van der Waals surface area (Å²) in [4.78, 5) is 16.7. The Bertz CT molecular complexity index is 1640. The van der Waals surface area contributed by atoms with Crippen molar-refractivity contribution in [3.05, 3.63) is 130 Å². The average Bonchev–Trinajstić information content (AvgIpc) is 3.34. The molecule has 5 rings (SSSR count). The number of anilines is 1. The molecule has 0 aliphatic rings. The molecule has 0 aliphatic heterocycles. The minimum absolute atomic E-state index is 0.366. The predicted molar refractivity (Wildman–Crippen MR) is 160 cm³/mol. The summed E-state index contributed by atoms with van der Waals surface area (Å²) in [6, 6.07) is 28.8. The molecule has 194 valence electrons. The van der Waals surface area contributed by atoms with Gasteiger partial charge in [-0.25, -0.2) is 9.78 Å². The third-order valence-electron chi connectivity index (χ3n) is 6.32. The number of hydrogen-bond acceptors (Lipinski definition) is 4. The zero-order valence-corrected chi connectivity index (χ0v) is 22.7. The van der Waals surface area contributed by atoms with Gasteiger partial charge in [0.25, 0.3) is 0 Å². The summed E-state index contributed by atoms with van der Waals surface area (Å²) in [5.74, 6) is 0.394. The van der Waals surface area contributed by atoms with Crippen molar-refractivity contribution in [3.63, 3.8) is 0 Å². The van der Waals surface area contributed by atoms with E-state index in [-0.39, 0.29) is 5.97 Å². The molecule has 0 saturated heterocycles. The number of methoxy groups -OCH3 is 1. The molecule has 1 heterocycles. The lowest BCUT2D eigenvalue weighted by Gasteiger charge is -2.07. The number of nitrogens with two attached hydrogens (primary N) is 1. The molecule has 4 aromatic carbocycles. The molecule has 1 aromatic heterocycles. The highest BCUT2D eigenvalue weighted by Gasteiger charge is 2.13. The second-order valence-electron chi connectivity index (χ2n) is 9.00. The van der Waals surface area contributed by atoms with Gasteiger partial charge in [-0.1, -0.05) is 77.8 Å². The van der Waals surface area contributed by atoms with Crippen LogP contribution in [0, 0.1) is 0 Å². The molecular formula is C32H25Cl2N3O2. The average molecular weight is 554 g/mol. The van der Waals surface area contributed by atoms with Crippen LogP contribution in [0.5, 0.6) is 0 Å². The first-order chi connectivity index (χ1) is 18.9. The van der Waals surface area contributed by atoms with Crippen LogP contribution >= 0.6 is 23.2 Å². The van der Waals surface area contributed by atoms with E-state index in [2.05, 4.69) is 24.3 Å². The number of hydrogen-bond donors (Lipinski definition) is 1. The molecular weight excluding hydrogens is 529 g/mol. The van der Waals surface area contributed by atoms with E-state index in [4.69, 9.17) is 38.7 Å². The largest absolute Gasteiger partial charge is 0.465 e. The summed E-state index contributed by atoms with van der Waals surface area (Å²) >= 11 is 12.6. The summed E-state index contributed by atoms with van der Waals surface area (Å²) in [6.07, 6.45) is 5.97. The van der Waals surface area contributed by atoms with E-state index in [0.29, 0.717) is 22.2 Å². The molecule has 2 N–H and O–H groups in total. The Hall–Kier alpha value is -4.32. The summed E-state index contributed by atoms with van der Waals surface area (Å²) in [5, 5.41) is 1.10. The van der Waals surface area contributed by atoms with E-state index in [1.165, 1.54) is 7.11 Å². The summed E-state index contributed by atoms with van der Waals surface area (Å²) in [6.45, 7) is 0.551. The van der Waals surface area contributed by atoms with Crippen LogP contribution in [-0.2, 0) is 11.3 Å². The van der Waals surface area contributed by atoms with Crippen LogP contribution in [-0.4, -0.2) is 22.6 Å². The number of nitrogen functional groups attached to an aromatic ring is 1. The third-order valence-corrected chi connectivity index (χ3v) is 6.87. The normalized spacial score (nSPS) is 11.2. The Morgan fingerprint density at radius 3 is 2.21 bits per heavy atom. The van der Waals surface area contributed by atoms with Crippen molar-refractivity contribution in [2.75, 3.05) is 12.8 Å². The lowest BCUT2D eigenvalue weighted by Crippen LogP contribution is -2.03. The monoisotopic (exact) mass is 553 g/mol. The zero-order chi connectivity index (χ0) is 27.4. The van der Waals surface area contributed by atoms with Gasteiger partial charge < -0.3 is 15.0 Å². The van der Waals surface area contributed by atoms with Gasteiger partial charge in [-0.15, -0.1) is 0 Å². The predicted octanol–water partition coefficient (Wildman–Crippen LogP) is 8.11. The second-order valence-corrected chi connectivity index (χ2v) is 9.85. The van der Waals surface area contributed by atoms with Crippen LogP contribution in [0.1, 0.15) is 27.3 Å². The molecule has 0 atom stereocenters. The van der Waals surface area contributed by atoms with Crippen molar-refractivity contribution in [2.24, 2.45) is 0 Å². The number of nitrogens with zero attached hydrogens (tertiary/aromatic N) is 2. The van der Waals surface area contributed by atoms with E-state index in [1.807, 2.05) is 65.4 Å². The molecule has 5 nitrogen and oxygen atoms in total. The second kappa shape index (κ2) is 11.6. The highest BCUT2D eigenvalue weighted by Crippen LogP contribution is 2.30. The van der Waals surface area contributed by atoms with Crippen molar-refractivity contribution in [1.82, 2.24) is 9.55 Å². The van der Waals surface area contributed by atoms with Gasteiger partial charge in [0, 0.05) is 29.0 Å².